The SMILES string of the molecule is CC(C)(C)c1cc(-n2c3ccccc3n3c4ccccc4nc23)nc(C(C)(C)c2cnc3oc4cccc(O)c4c3c2)c1. The molecule has 0 amide bonds. The van der Waals surface area contributed by atoms with E-state index in [-0.39, 0.29) is 11.2 Å². The Balaban J connectivity index is 1.39. The number of phenols is 1. The van der Waals surface area contributed by atoms with Crippen molar-refractivity contribution in [1.29, 1.82) is 0 Å². The highest BCUT2D eigenvalue weighted by Gasteiger charge is 2.30. The number of fused-ring (bicyclic) bond motifs is 8. The molecule has 0 spiro atoms. The molecule has 0 aliphatic rings. The zero-order valence-electron chi connectivity index (χ0n) is 24.8. The van der Waals surface area contributed by atoms with Crippen molar-refractivity contribution in [3.05, 3.63) is 108 Å². The minimum atomic E-state index is -0.523. The molecule has 0 radical (unpaired) electrons. The summed E-state index contributed by atoms with van der Waals surface area (Å²) in [7, 11) is 0. The monoisotopic (exact) mass is 565 g/mol. The second-order valence-corrected chi connectivity index (χ2v) is 12.9. The number of imidazole rings is 2. The molecule has 0 unspecified atom stereocenters. The zero-order chi connectivity index (χ0) is 29.7. The van der Waals surface area contributed by atoms with Gasteiger partial charge in [-0.25, -0.2) is 15.0 Å². The van der Waals surface area contributed by atoms with Gasteiger partial charge in [0.1, 0.15) is 17.2 Å². The minimum absolute atomic E-state index is 0.128. The first-order chi connectivity index (χ1) is 20.6. The average Bonchev–Trinajstić information content (AvgIpc) is 3.65. The number of furan rings is 1. The van der Waals surface area contributed by atoms with Gasteiger partial charge < -0.3 is 9.52 Å². The van der Waals surface area contributed by atoms with Crippen LogP contribution in [0.5, 0.6) is 5.75 Å². The molecule has 7 heteroatoms. The first-order valence-corrected chi connectivity index (χ1v) is 14.5. The summed E-state index contributed by atoms with van der Waals surface area (Å²) in [6.45, 7) is 11.0. The number of aromatic hydroxyl groups is 1. The van der Waals surface area contributed by atoms with Crippen LogP contribution in [0.3, 0.4) is 0 Å². The van der Waals surface area contributed by atoms with E-state index in [0.717, 1.165) is 50.3 Å². The van der Waals surface area contributed by atoms with Gasteiger partial charge in [-0.3, -0.25) is 8.97 Å². The van der Waals surface area contributed by atoms with Gasteiger partial charge in [0.15, 0.2) is 0 Å². The molecule has 43 heavy (non-hydrogen) atoms. The van der Waals surface area contributed by atoms with Gasteiger partial charge in [-0.05, 0) is 71.1 Å². The molecule has 0 saturated carbocycles. The fourth-order valence-corrected chi connectivity index (χ4v) is 6.14. The van der Waals surface area contributed by atoms with Crippen molar-refractivity contribution in [2.75, 3.05) is 0 Å². The van der Waals surface area contributed by atoms with E-state index < -0.39 is 5.41 Å². The van der Waals surface area contributed by atoms with Gasteiger partial charge in [-0.15, -0.1) is 0 Å². The second-order valence-electron chi connectivity index (χ2n) is 12.9. The average molecular weight is 566 g/mol. The summed E-state index contributed by atoms with van der Waals surface area (Å²) in [5.74, 6) is 1.82. The van der Waals surface area contributed by atoms with Crippen molar-refractivity contribution in [1.82, 2.24) is 23.9 Å². The first kappa shape index (κ1) is 25.5. The van der Waals surface area contributed by atoms with Crippen molar-refractivity contribution in [3.63, 3.8) is 0 Å². The predicted molar refractivity (Wildman–Crippen MR) is 171 cm³/mol. The molecule has 0 aliphatic heterocycles. The summed E-state index contributed by atoms with van der Waals surface area (Å²) in [4.78, 5) is 15.1. The Morgan fingerprint density at radius 3 is 2.28 bits per heavy atom. The largest absolute Gasteiger partial charge is 0.507 e. The number of para-hydroxylation sites is 4. The van der Waals surface area contributed by atoms with Crippen LogP contribution in [0.2, 0.25) is 0 Å². The van der Waals surface area contributed by atoms with E-state index in [1.807, 2.05) is 18.3 Å². The molecule has 5 aromatic heterocycles. The third-order valence-electron chi connectivity index (χ3n) is 8.71. The highest BCUT2D eigenvalue weighted by Crippen LogP contribution is 2.39. The van der Waals surface area contributed by atoms with Gasteiger partial charge in [0, 0.05) is 11.6 Å². The summed E-state index contributed by atoms with van der Waals surface area (Å²) in [6, 6.07) is 28.4. The van der Waals surface area contributed by atoms with Gasteiger partial charge in [-0.1, -0.05) is 65.0 Å². The summed E-state index contributed by atoms with van der Waals surface area (Å²) >= 11 is 0. The standard InChI is InChI=1S/C36H31N5O2/c1-35(2,3)21-18-30(36(4,5)22-17-23-32-28(42)15-10-16-29(32)43-33(23)37-20-22)39-31(19-21)41-27-14-9-8-13-26(27)40-25-12-7-6-11-24(25)38-34(40)41/h6-20,42H,1-5H3. The Labute approximate surface area is 248 Å². The topological polar surface area (TPSA) is 81.4 Å². The van der Waals surface area contributed by atoms with Crippen LogP contribution in [-0.2, 0) is 10.8 Å². The van der Waals surface area contributed by atoms with Crippen molar-refractivity contribution in [3.8, 4) is 11.6 Å². The fourth-order valence-electron chi connectivity index (χ4n) is 6.14. The molecular formula is C36H31N5O2. The maximum atomic E-state index is 10.7. The molecule has 3 aromatic carbocycles. The van der Waals surface area contributed by atoms with Gasteiger partial charge >= 0.3 is 0 Å². The molecule has 0 saturated heterocycles. The Morgan fingerprint density at radius 2 is 1.49 bits per heavy atom. The normalized spacial score (nSPS) is 12.9. The van der Waals surface area contributed by atoms with E-state index >= 15 is 0 Å². The van der Waals surface area contributed by atoms with E-state index in [4.69, 9.17) is 14.4 Å². The zero-order valence-corrected chi connectivity index (χ0v) is 24.8. The van der Waals surface area contributed by atoms with E-state index in [0.29, 0.717) is 16.7 Å². The summed E-state index contributed by atoms with van der Waals surface area (Å²) in [5, 5.41) is 12.1. The summed E-state index contributed by atoms with van der Waals surface area (Å²) in [5.41, 5.74) is 7.66. The molecule has 8 rings (SSSR count). The molecule has 212 valence electrons. The molecule has 7 nitrogen and oxygen atoms in total. The molecule has 0 atom stereocenters. The lowest BCUT2D eigenvalue weighted by atomic mass is 9.79. The van der Waals surface area contributed by atoms with Crippen molar-refractivity contribution < 1.29 is 9.52 Å². The van der Waals surface area contributed by atoms with Gasteiger partial charge in [0.05, 0.1) is 38.5 Å². The summed E-state index contributed by atoms with van der Waals surface area (Å²) in [6.07, 6.45) is 1.86. The lowest BCUT2D eigenvalue weighted by Gasteiger charge is -2.28. The molecule has 8 aromatic rings. The third-order valence-corrected chi connectivity index (χ3v) is 8.71. The second kappa shape index (κ2) is 8.67. The number of hydrogen-bond donors (Lipinski definition) is 1. The molecule has 5 heterocycles. The maximum Gasteiger partial charge on any atom is 0.227 e. The number of aromatic nitrogens is 5. The van der Waals surface area contributed by atoms with Crippen molar-refractivity contribution in [2.24, 2.45) is 0 Å². The first-order valence-electron chi connectivity index (χ1n) is 14.5. The smallest absolute Gasteiger partial charge is 0.227 e. The van der Waals surface area contributed by atoms with Crippen LogP contribution in [0.4, 0.5) is 0 Å². The number of phenolic OH excluding ortho intramolecular Hbond substituents is 1. The van der Waals surface area contributed by atoms with Crippen molar-refractivity contribution in [2.45, 2.75) is 45.4 Å². The molecule has 0 fully saturated rings. The van der Waals surface area contributed by atoms with Gasteiger partial charge in [0.25, 0.3) is 0 Å². The number of nitrogens with zero attached hydrogens (tertiary/aromatic N) is 5. The van der Waals surface area contributed by atoms with Crippen molar-refractivity contribution >= 4 is 49.9 Å². The van der Waals surface area contributed by atoms with Crippen LogP contribution >= 0.6 is 0 Å². The van der Waals surface area contributed by atoms with Crippen LogP contribution in [0.25, 0.3) is 55.7 Å². The molecular weight excluding hydrogens is 534 g/mol. The Morgan fingerprint density at radius 1 is 0.744 bits per heavy atom. The highest BCUT2D eigenvalue weighted by atomic mass is 16.3. The lowest BCUT2D eigenvalue weighted by molar-refractivity contribution is 0.481. The lowest BCUT2D eigenvalue weighted by Crippen LogP contribution is -2.24. The molecule has 0 aliphatic carbocycles. The van der Waals surface area contributed by atoms with Crippen LogP contribution in [0.15, 0.2) is 95.5 Å². The fraction of sp³-hybridized carbons (Fsp3) is 0.194. The quantitative estimate of drug-likeness (QED) is 0.232. The van der Waals surface area contributed by atoms with E-state index in [9.17, 15) is 5.11 Å². The van der Waals surface area contributed by atoms with Crippen LogP contribution < -0.4 is 0 Å². The van der Waals surface area contributed by atoms with Gasteiger partial charge in [0.2, 0.25) is 11.5 Å². The Hall–Kier alpha value is -5.17. The minimum Gasteiger partial charge on any atom is -0.507 e. The highest BCUT2D eigenvalue weighted by molar-refractivity contribution is 6.07. The van der Waals surface area contributed by atoms with E-state index in [2.05, 4.69) is 109 Å². The number of benzene rings is 3. The third kappa shape index (κ3) is 3.70. The molecule has 1 N–H and O–H groups in total. The number of rotatable bonds is 3. The summed E-state index contributed by atoms with van der Waals surface area (Å²) < 4.78 is 10.3. The predicted octanol–water partition coefficient (Wildman–Crippen LogP) is 8.45. The molecule has 0 bridgehead atoms. The number of pyridine rings is 2. The number of hydrogen-bond acceptors (Lipinski definition) is 5. The Bertz CT molecular complexity index is 2380. The van der Waals surface area contributed by atoms with Gasteiger partial charge in [-0.2, -0.15) is 0 Å². The van der Waals surface area contributed by atoms with Crippen LogP contribution in [0.1, 0.15) is 51.4 Å². The maximum absolute atomic E-state index is 10.7. The Kier molecular flexibility index (Phi) is 5.15. The van der Waals surface area contributed by atoms with Crippen LogP contribution in [-0.4, -0.2) is 29.0 Å². The van der Waals surface area contributed by atoms with Crippen LogP contribution in [0, 0.1) is 0 Å². The van der Waals surface area contributed by atoms with E-state index in [1.54, 1.807) is 12.1 Å². The van der Waals surface area contributed by atoms with E-state index in [1.165, 1.54) is 5.56 Å².